The van der Waals surface area contributed by atoms with E-state index in [9.17, 15) is 30.1 Å². The van der Waals surface area contributed by atoms with E-state index in [-0.39, 0.29) is 29.0 Å². The second kappa shape index (κ2) is 29.8. The summed E-state index contributed by atoms with van der Waals surface area (Å²) >= 11 is 0.859. The first-order valence-electron chi connectivity index (χ1n) is 35.5. The van der Waals surface area contributed by atoms with Crippen LogP contribution in [0.5, 0.6) is 0 Å². The van der Waals surface area contributed by atoms with E-state index in [0.717, 1.165) is 10.9 Å². The topological polar surface area (TPSA) is 202 Å². The van der Waals surface area contributed by atoms with Crippen LogP contribution in [0, 0.1) is 0 Å². The molecule has 0 radical (unpaired) electrons. The summed E-state index contributed by atoms with van der Waals surface area (Å²) in [5.41, 5.74) is 10.2. The van der Waals surface area contributed by atoms with Crippen molar-refractivity contribution in [1.29, 1.82) is 0 Å². The van der Waals surface area contributed by atoms with Crippen molar-refractivity contribution in [2.45, 2.75) is 0 Å². The Morgan fingerprint density at radius 2 is 0.537 bits per heavy atom. The van der Waals surface area contributed by atoms with Gasteiger partial charge in [0.25, 0.3) is 0 Å². The van der Waals surface area contributed by atoms with Gasteiger partial charge in [-0.3, -0.25) is 0 Å². The molecule has 15 aromatic carbocycles. The first-order valence-corrected chi connectivity index (χ1v) is 44.6. The maximum absolute atomic E-state index is 9.86. The van der Waals surface area contributed by atoms with Gasteiger partial charge < -0.3 is 20.1 Å². The number of hydrogen-bond donors (Lipinski definition) is 10. The summed E-state index contributed by atoms with van der Waals surface area (Å²) in [7, 11) is -12.0. The molecule has 3 aliphatic rings. The van der Waals surface area contributed by atoms with Gasteiger partial charge in [0.05, 0.1) is 0 Å². The second-order valence-electron chi connectivity index (χ2n) is 27.1. The van der Waals surface area contributed by atoms with E-state index in [0.29, 0.717) is 41.8 Å². The second-order valence-corrected chi connectivity index (χ2v) is 41.3. The number of fused-ring (bicyclic) bond motifs is 24. The van der Waals surface area contributed by atoms with Crippen molar-refractivity contribution in [2.75, 3.05) is 0 Å². The van der Waals surface area contributed by atoms with Crippen LogP contribution in [0.3, 0.4) is 0 Å². The third-order valence-corrected chi connectivity index (χ3v) is 38.3. The molecule has 0 fully saturated rings. The molecule has 0 saturated carbocycles. The van der Waals surface area contributed by atoms with Gasteiger partial charge in [-0.2, -0.15) is 0 Å². The number of hydrogen-bond acceptors (Lipinski definition) is 10. The van der Waals surface area contributed by atoms with Crippen molar-refractivity contribution in [1.82, 2.24) is 0 Å². The Morgan fingerprint density at radius 1 is 0.194 bits per heavy atom. The molecule has 0 aliphatic carbocycles. The molecule has 108 heavy (non-hydrogen) atoms. The molecule has 10 N–H and O–H groups in total. The van der Waals surface area contributed by atoms with E-state index in [2.05, 4.69) is 231 Å². The first-order chi connectivity index (χ1) is 52.7. The van der Waals surface area contributed by atoms with Crippen molar-refractivity contribution in [3.05, 3.63) is 334 Å². The molecule has 0 unspecified atom stereocenters. The average Bonchev–Trinajstić information content (AvgIpc) is 1.53. The van der Waals surface area contributed by atoms with Gasteiger partial charge in [-0.25, -0.2) is 0 Å². The van der Waals surface area contributed by atoms with Crippen LogP contribution in [-0.2, 0) is 0 Å². The normalized spacial score (nSPS) is 12.7. The zero-order chi connectivity index (χ0) is 74.0. The average molecular weight is 1630 g/mol. The van der Waals surface area contributed by atoms with E-state index in [4.69, 9.17) is 20.1 Å². The van der Waals surface area contributed by atoms with E-state index in [1.165, 1.54) is 133 Å². The van der Waals surface area contributed by atoms with E-state index < -0.39 is 51.7 Å². The molecule has 3 aliphatic heterocycles. The Kier molecular flexibility index (Phi) is 19.7. The van der Waals surface area contributed by atoms with Gasteiger partial charge in [-0.15, -0.1) is 0 Å². The number of benzene rings is 15. The zero-order valence-electron chi connectivity index (χ0n) is 57.8. The molecular formula is C88H65B5O10Se3Si2. The maximum atomic E-state index is 9.86. The molecule has 1 spiro atoms. The van der Waals surface area contributed by atoms with E-state index in [1.54, 1.807) is 18.2 Å². The molecule has 10 nitrogen and oxygen atoms in total. The van der Waals surface area contributed by atoms with Crippen LogP contribution in [0.25, 0.3) is 102 Å². The van der Waals surface area contributed by atoms with Crippen LogP contribution >= 0.6 is 0 Å². The van der Waals surface area contributed by atoms with Crippen molar-refractivity contribution >= 4 is 233 Å². The summed E-state index contributed by atoms with van der Waals surface area (Å²) in [5.74, 6) is 0. The first kappa shape index (κ1) is 71.4. The summed E-state index contributed by atoms with van der Waals surface area (Å²) in [5, 5.41) is 115. The minimum absolute atomic E-state index is 0.219. The summed E-state index contributed by atoms with van der Waals surface area (Å²) < 4.78 is 7.92. The molecular weight excluding hydrogens is 1560 g/mol. The standard InChI is InChI=1S/C24H17BO2Si.C24H19BO2Si.C16H11BO2Se.2C12H9BO2Se/c26-25(27)16-13-14-20-19-9-3-6-12-23(19)28(24(20)15-16)21-10-4-1-7-17(21)18-8-2-5-11-22(18)28;26-25(27)18-15-16-24-22(17-18)21-13-7-8-14-23(21)28(24,19-9-3-1-4-10-19)20-11-5-2-6-12-20;18-17(19)11-6-8-13-14-7-5-10-3-1-2-4-12(10)16(14)20-15(13)9-11;14-13(15)8-5-6-12-10(7-8)9-3-1-2-4-11(9)16-12;14-13(15)8-5-6-10-9-3-1-2-4-11(9)16-12(10)7-8/h1-15,26-27H;1-17,26-27H;1-9,18-19H;2*1-7,14-15H. The fraction of sp³-hybridized carbons (Fsp3) is 0. The summed E-state index contributed by atoms with van der Waals surface area (Å²) in [6.07, 6.45) is 0. The van der Waals surface area contributed by atoms with Crippen LogP contribution in [0.4, 0.5) is 0 Å². The van der Waals surface area contributed by atoms with Crippen LogP contribution in [-0.4, -0.2) is 145 Å². The van der Waals surface area contributed by atoms with Gasteiger partial charge in [0.1, 0.15) is 0 Å². The Balaban J connectivity index is 0.000000101. The Bertz CT molecular complexity index is 6350. The predicted molar refractivity (Wildman–Crippen MR) is 459 cm³/mol. The molecule has 0 amide bonds. The van der Waals surface area contributed by atoms with Crippen molar-refractivity contribution in [2.24, 2.45) is 0 Å². The number of rotatable bonds is 7. The van der Waals surface area contributed by atoms with Crippen molar-refractivity contribution in [3.8, 4) is 33.4 Å². The van der Waals surface area contributed by atoms with Gasteiger partial charge in [-0.1, -0.05) is 194 Å². The SMILES string of the molecule is OB(O)c1ccc2[se]c3ccccc3c2c1.OB(O)c1ccc2c(c1)-c1ccccc1[Si]2(c1ccccc1)c1ccccc1.OB(O)c1ccc2c(c1)[Si]1(c3ccccc3-c3ccccc31)c1ccccc1-2.OB(O)c1ccc2c(c1)[se]c1c3ccccc3ccc21.OB(O)c1ccc2c(c1)[se]c1ccccc12. The van der Waals surface area contributed by atoms with Gasteiger partial charge in [0.15, 0.2) is 16.1 Å². The van der Waals surface area contributed by atoms with Crippen LogP contribution in [0.1, 0.15) is 0 Å². The summed E-state index contributed by atoms with van der Waals surface area (Å²) in [4.78, 5) is 0. The molecule has 518 valence electrons. The van der Waals surface area contributed by atoms with Gasteiger partial charge in [-0.05, 0) is 85.8 Å². The minimum atomic E-state index is -2.45. The molecule has 0 saturated heterocycles. The summed E-state index contributed by atoms with van der Waals surface area (Å²) in [6.45, 7) is 0. The van der Waals surface area contributed by atoms with Crippen molar-refractivity contribution < 1.29 is 50.2 Å². The molecule has 20 heteroatoms. The molecule has 3 aromatic heterocycles. The Labute approximate surface area is 644 Å². The quantitative estimate of drug-likeness (QED) is 0.0992. The zero-order valence-corrected chi connectivity index (χ0v) is 65.0. The van der Waals surface area contributed by atoms with E-state index >= 15 is 0 Å². The summed E-state index contributed by atoms with van der Waals surface area (Å²) in [6, 6.07) is 115. The van der Waals surface area contributed by atoms with Crippen LogP contribution < -0.4 is 68.8 Å². The fourth-order valence-electron chi connectivity index (χ4n) is 16.4. The van der Waals surface area contributed by atoms with Gasteiger partial charge >= 0.3 is 334 Å². The Hall–Kier alpha value is -9.52. The molecule has 6 heterocycles. The Morgan fingerprint density at radius 3 is 1.08 bits per heavy atom. The third kappa shape index (κ3) is 12.5. The van der Waals surface area contributed by atoms with Crippen LogP contribution in [0.15, 0.2) is 334 Å². The van der Waals surface area contributed by atoms with Crippen LogP contribution in [0.2, 0.25) is 0 Å². The van der Waals surface area contributed by atoms with Gasteiger partial charge in [0, 0.05) is 0 Å². The molecule has 0 atom stereocenters. The molecule has 18 aromatic rings. The predicted octanol–water partition coefficient (Wildman–Crippen LogP) is 4.77. The molecule has 21 rings (SSSR count). The third-order valence-electron chi connectivity index (χ3n) is 21.2. The van der Waals surface area contributed by atoms with Gasteiger partial charge in [0.2, 0.25) is 0 Å². The monoisotopic (exact) mass is 1630 g/mol. The fourth-order valence-corrected chi connectivity index (χ4v) is 34.6. The van der Waals surface area contributed by atoms with E-state index in [1.807, 2.05) is 84.9 Å². The molecule has 0 bridgehead atoms. The van der Waals surface area contributed by atoms with Crippen molar-refractivity contribution in [3.63, 3.8) is 0 Å².